The highest BCUT2D eigenvalue weighted by Gasteiger charge is 2.15. The fourth-order valence-corrected chi connectivity index (χ4v) is 2.78. The molecule has 0 aliphatic rings. The molecule has 7 heteroatoms. The molecule has 0 aliphatic carbocycles. The fourth-order valence-electron chi connectivity index (χ4n) is 2.78. The predicted molar refractivity (Wildman–Crippen MR) is 94.4 cm³/mol. The van der Waals surface area contributed by atoms with Crippen molar-refractivity contribution in [1.82, 2.24) is 25.3 Å². The van der Waals surface area contributed by atoms with Gasteiger partial charge in [0, 0.05) is 17.8 Å². The van der Waals surface area contributed by atoms with Gasteiger partial charge in [0.15, 0.2) is 0 Å². The smallest absolute Gasteiger partial charge is 0.269 e. The number of para-hydroxylation sites is 1. The first-order valence-electron chi connectivity index (χ1n) is 8.10. The van der Waals surface area contributed by atoms with Gasteiger partial charge in [-0.25, -0.2) is 0 Å². The number of aromatic amines is 1. The highest BCUT2D eigenvalue weighted by atomic mass is 16.3. The van der Waals surface area contributed by atoms with Crippen molar-refractivity contribution in [2.75, 3.05) is 6.54 Å². The van der Waals surface area contributed by atoms with E-state index >= 15 is 0 Å². The van der Waals surface area contributed by atoms with Crippen LogP contribution in [0.5, 0.6) is 5.75 Å². The Kier molecular flexibility index (Phi) is 4.56. The second kappa shape index (κ2) is 6.80. The highest BCUT2D eigenvalue weighted by molar-refractivity contribution is 5.93. The van der Waals surface area contributed by atoms with E-state index in [4.69, 9.17) is 0 Å². The summed E-state index contributed by atoms with van der Waals surface area (Å²) in [6.45, 7) is 6.39. The van der Waals surface area contributed by atoms with E-state index in [9.17, 15) is 9.90 Å². The predicted octanol–water partition coefficient (Wildman–Crippen LogP) is 2.59. The van der Waals surface area contributed by atoms with Crippen LogP contribution >= 0.6 is 0 Å². The number of nitrogens with zero attached hydrogens (tertiary/aromatic N) is 3. The molecule has 0 unspecified atom stereocenters. The lowest BCUT2D eigenvalue weighted by atomic mass is 10.1. The Morgan fingerprint density at radius 2 is 2.08 bits per heavy atom. The molecule has 0 radical (unpaired) electrons. The van der Waals surface area contributed by atoms with E-state index in [1.165, 1.54) is 0 Å². The molecule has 3 N–H and O–H groups in total. The Morgan fingerprint density at radius 1 is 1.32 bits per heavy atom. The van der Waals surface area contributed by atoms with Gasteiger partial charge in [-0.05, 0) is 45.0 Å². The van der Waals surface area contributed by atoms with E-state index in [-0.39, 0.29) is 17.7 Å². The number of phenolic OH excluding ortho intramolecular Hbond substituents is 1. The lowest BCUT2D eigenvalue weighted by Crippen LogP contribution is -2.30. The van der Waals surface area contributed by atoms with E-state index in [0.29, 0.717) is 23.5 Å². The lowest BCUT2D eigenvalue weighted by Gasteiger charge is -2.14. The Bertz CT molecular complexity index is 897. The first-order chi connectivity index (χ1) is 12.0. The van der Waals surface area contributed by atoms with Gasteiger partial charge >= 0.3 is 0 Å². The summed E-state index contributed by atoms with van der Waals surface area (Å²) in [5.41, 5.74) is 3.46. The van der Waals surface area contributed by atoms with Crippen molar-refractivity contribution in [3.8, 4) is 17.0 Å². The minimum Gasteiger partial charge on any atom is -0.507 e. The summed E-state index contributed by atoms with van der Waals surface area (Å²) < 4.78 is 1.90. The molecule has 0 fully saturated rings. The third kappa shape index (κ3) is 3.55. The van der Waals surface area contributed by atoms with Gasteiger partial charge in [-0.1, -0.05) is 12.1 Å². The molecular formula is C18H21N5O2. The summed E-state index contributed by atoms with van der Waals surface area (Å²) in [7, 11) is 0. The van der Waals surface area contributed by atoms with Crippen molar-refractivity contribution in [3.05, 3.63) is 53.5 Å². The molecule has 2 heterocycles. The van der Waals surface area contributed by atoms with Gasteiger partial charge < -0.3 is 10.4 Å². The second-order valence-corrected chi connectivity index (χ2v) is 6.11. The van der Waals surface area contributed by atoms with Crippen LogP contribution in [0.2, 0.25) is 0 Å². The molecule has 2 aromatic heterocycles. The van der Waals surface area contributed by atoms with Gasteiger partial charge in [0.2, 0.25) is 0 Å². The molecule has 1 aromatic carbocycles. The summed E-state index contributed by atoms with van der Waals surface area (Å²) in [5.74, 6) is -0.123. The van der Waals surface area contributed by atoms with Gasteiger partial charge in [0.25, 0.3) is 5.91 Å². The number of aryl methyl sites for hydroxylation is 2. The molecule has 0 aliphatic heterocycles. The minimum absolute atomic E-state index is 0.0400. The number of rotatable bonds is 5. The number of H-pyrrole nitrogens is 1. The zero-order valence-electron chi connectivity index (χ0n) is 14.4. The van der Waals surface area contributed by atoms with E-state index < -0.39 is 0 Å². The molecular weight excluding hydrogens is 318 g/mol. The molecule has 0 saturated carbocycles. The molecule has 3 rings (SSSR count). The molecule has 7 nitrogen and oxygen atoms in total. The lowest BCUT2D eigenvalue weighted by molar-refractivity contribution is 0.0942. The second-order valence-electron chi connectivity index (χ2n) is 6.11. The van der Waals surface area contributed by atoms with Crippen LogP contribution in [-0.2, 0) is 0 Å². The first kappa shape index (κ1) is 16.8. The summed E-state index contributed by atoms with van der Waals surface area (Å²) in [5, 5.41) is 24.0. The van der Waals surface area contributed by atoms with Crippen LogP contribution in [0.3, 0.4) is 0 Å². The maximum absolute atomic E-state index is 12.3. The summed E-state index contributed by atoms with van der Waals surface area (Å²) in [6, 6.07) is 10.5. The van der Waals surface area contributed by atoms with Crippen molar-refractivity contribution in [1.29, 1.82) is 0 Å². The van der Waals surface area contributed by atoms with E-state index in [1.54, 1.807) is 30.3 Å². The Balaban J connectivity index is 1.66. The average Bonchev–Trinajstić information content (AvgIpc) is 3.19. The number of aromatic hydroxyl groups is 1. The molecule has 25 heavy (non-hydrogen) atoms. The molecule has 1 atom stereocenters. The van der Waals surface area contributed by atoms with Crippen LogP contribution in [0.15, 0.2) is 36.4 Å². The number of carbonyl (C=O) groups is 1. The van der Waals surface area contributed by atoms with Gasteiger partial charge in [0.1, 0.15) is 11.4 Å². The van der Waals surface area contributed by atoms with Crippen molar-refractivity contribution < 1.29 is 9.90 Å². The molecule has 3 aromatic rings. The number of benzene rings is 1. The third-order valence-electron chi connectivity index (χ3n) is 4.02. The van der Waals surface area contributed by atoms with Crippen molar-refractivity contribution in [2.24, 2.45) is 0 Å². The molecule has 0 saturated heterocycles. The van der Waals surface area contributed by atoms with Gasteiger partial charge in [-0.15, -0.1) is 0 Å². The van der Waals surface area contributed by atoms with Crippen LogP contribution < -0.4 is 5.32 Å². The van der Waals surface area contributed by atoms with Gasteiger partial charge in [-0.3, -0.25) is 14.6 Å². The maximum Gasteiger partial charge on any atom is 0.269 e. The summed E-state index contributed by atoms with van der Waals surface area (Å²) in [4.78, 5) is 12.3. The van der Waals surface area contributed by atoms with Crippen molar-refractivity contribution in [3.63, 3.8) is 0 Å². The topological polar surface area (TPSA) is 95.8 Å². The number of phenols is 1. The van der Waals surface area contributed by atoms with E-state index in [0.717, 1.165) is 11.4 Å². The van der Waals surface area contributed by atoms with Gasteiger partial charge in [0.05, 0.1) is 17.4 Å². The zero-order chi connectivity index (χ0) is 18.0. The molecule has 0 bridgehead atoms. The molecule has 0 spiro atoms. The summed E-state index contributed by atoms with van der Waals surface area (Å²) >= 11 is 0. The van der Waals surface area contributed by atoms with Crippen LogP contribution in [0.4, 0.5) is 0 Å². The zero-order valence-corrected chi connectivity index (χ0v) is 14.4. The third-order valence-corrected chi connectivity index (χ3v) is 4.02. The number of nitrogens with one attached hydrogen (secondary N) is 2. The monoisotopic (exact) mass is 339 g/mol. The van der Waals surface area contributed by atoms with Gasteiger partial charge in [-0.2, -0.15) is 10.2 Å². The van der Waals surface area contributed by atoms with Crippen LogP contribution in [-0.4, -0.2) is 37.5 Å². The maximum atomic E-state index is 12.3. The van der Waals surface area contributed by atoms with Crippen LogP contribution in [0, 0.1) is 13.8 Å². The normalized spacial score (nSPS) is 12.1. The average molecular weight is 339 g/mol. The Labute approximate surface area is 145 Å². The summed E-state index contributed by atoms with van der Waals surface area (Å²) in [6.07, 6.45) is 0. The Hall–Kier alpha value is -3.09. The van der Waals surface area contributed by atoms with Crippen molar-refractivity contribution in [2.45, 2.75) is 26.8 Å². The van der Waals surface area contributed by atoms with Crippen LogP contribution in [0.1, 0.15) is 34.8 Å². The van der Waals surface area contributed by atoms with E-state index in [1.807, 2.05) is 31.5 Å². The number of hydrogen-bond acceptors (Lipinski definition) is 4. The Morgan fingerprint density at radius 3 is 2.76 bits per heavy atom. The van der Waals surface area contributed by atoms with E-state index in [2.05, 4.69) is 20.6 Å². The highest BCUT2D eigenvalue weighted by Crippen LogP contribution is 2.27. The number of hydrogen-bond donors (Lipinski definition) is 3. The number of amides is 1. The number of carbonyl (C=O) groups excluding carboxylic acids is 1. The van der Waals surface area contributed by atoms with Crippen LogP contribution in [0.25, 0.3) is 11.3 Å². The minimum atomic E-state index is -0.248. The standard InChI is InChI=1S/C18H21N5O2/c1-11-8-12(2)23(22-11)13(3)10-19-18(25)16-9-15(20-21-16)14-6-4-5-7-17(14)24/h4-9,13,24H,10H2,1-3H3,(H,19,25)(H,20,21)/t13-/m0/s1. The first-order valence-corrected chi connectivity index (χ1v) is 8.10. The quantitative estimate of drug-likeness (QED) is 0.666. The fraction of sp³-hybridized carbons (Fsp3) is 0.278. The largest absolute Gasteiger partial charge is 0.507 e. The molecule has 130 valence electrons. The molecule has 1 amide bonds. The van der Waals surface area contributed by atoms with Crippen molar-refractivity contribution >= 4 is 5.91 Å². The number of aromatic nitrogens is 4. The SMILES string of the molecule is Cc1cc(C)n([C@@H](C)CNC(=O)c2cc(-c3ccccc3O)n[nH]2)n1.